The molecule has 0 aliphatic rings. The Balaban J connectivity index is 1.33. The van der Waals surface area contributed by atoms with Gasteiger partial charge >= 0.3 is 0 Å². The third-order valence-corrected chi connectivity index (χ3v) is 9.02. The minimum Gasteiger partial charge on any atom is -0.456 e. The van der Waals surface area contributed by atoms with E-state index in [9.17, 15) is 0 Å². The van der Waals surface area contributed by atoms with Crippen LogP contribution in [0.5, 0.6) is 0 Å². The van der Waals surface area contributed by atoms with Gasteiger partial charge in [-0.3, -0.25) is 0 Å². The van der Waals surface area contributed by atoms with Gasteiger partial charge in [-0.2, -0.15) is 0 Å². The van der Waals surface area contributed by atoms with Gasteiger partial charge in [0.2, 0.25) is 0 Å². The van der Waals surface area contributed by atoms with Crippen molar-refractivity contribution in [2.45, 2.75) is 0 Å². The Bertz CT molecular complexity index is 2630. The Morgan fingerprint density at radius 2 is 0.952 bits per heavy atom. The lowest BCUT2D eigenvalue weighted by atomic mass is 9.85. The molecule has 0 bridgehead atoms. The lowest BCUT2D eigenvalue weighted by Gasteiger charge is -2.18. The van der Waals surface area contributed by atoms with E-state index in [0.29, 0.717) is 0 Å². The molecule has 0 saturated carbocycles. The van der Waals surface area contributed by atoms with Crippen LogP contribution in [0.15, 0.2) is 142 Å². The van der Waals surface area contributed by atoms with E-state index < -0.39 is 0 Å². The Morgan fingerprint density at radius 3 is 1.71 bits per heavy atom. The summed E-state index contributed by atoms with van der Waals surface area (Å²) in [5.74, 6) is 0. The van der Waals surface area contributed by atoms with Crippen molar-refractivity contribution >= 4 is 76.2 Å². The Labute approximate surface area is 240 Å². The monoisotopic (exact) mass is 534 g/mol. The average molecular weight is 535 g/mol. The molecule has 0 spiro atoms. The number of fused-ring (bicyclic) bond motifs is 5. The van der Waals surface area contributed by atoms with Crippen LogP contribution in [0.25, 0.3) is 98.4 Å². The van der Waals surface area contributed by atoms with E-state index in [4.69, 9.17) is 8.83 Å². The molecule has 0 amide bonds. The summed E-state index contributed by atoms with van der Waals surface area (Å²) in [5, 5.41) is 11.9. The van der Waals surface area contributed by atoms with Gasteiger partial charge in [0.15, 0.2) is 0 Å². The van der Waals surface area contributed by atoms with Crippen molar-refractivity contribution < 1.29 is 8.83 Å². The van der Waals surface area contributed by atoms with Crippen molar-refractivity contribution in [2.75, 3.05) is 0 Å². The van der Waals surface area contributed by atoms with Crippen LogP contribution in [0.4, 0.5) is 0 Å². The van der Waals surface area contributed by atoms with Crippen LogP contribution in [-0.2, 0) is 0 Å². The summed E-state index contributed by atoms with van der Waals surface area (Å²) in [5.41, 5.74) is 8.40. The molecule has 0 aliphatic heterocycles. The normalized spacial score (nSPS) is 12.3. The van der Waals surface area contributed by atoms with E-state index in [1.54, 1.807) is 0 Å². The quantitative estimate of drug-likeness (QED) is 0.163. The van der Waals surface area contributed by atoms with Gasteiger partial charge in [0.05, 0.1) is 0 Å². The molecule has 0 N–H and O–H groups in total. The zero-order chi connectivity index (χ0) is 27.4. The molecule has 194 valence electrons. The van der Waals surface area contributed by atoms with E-state index in [2.05, 4.69) is 121 Å². The van der Waals surface area contributed by atoms with Crippen LogP contribution >= 0.6 is 0 Å². The van der Waals surface area contributed by atoms with Crippen LogP contribution < -0.4 is 0 Å². The third-order valence-electron chi connectivity index (χ3n) is 9.02. The van der Waals surface area contributed by atoms with Crippen molar-refractivity contribution in [3.05, 3.63) is 133 Å². The van der Waals surface area contributed by atoms with Crippen molar-refractivity contribution in [3.8, 4) is 22.3 Å². The summed E-state index contributed by atoms with van der Waals surface area (Å²) >= 11 is 0. The molecule has 42 heavy (non-hydrogen) atoms. The molecule has 0 atom stereocenters. The SMILES string of the molecule is c1ccc2c(c1)oc1cc(-c3c4ccccc4c(-c4ccc5ccc6cccc7oc4c5c67)c4ccccc34)ccc12. The van der Waals surface area contributed by atoms with E-state index in [-0.39, 0.29) is 0 Å². The molecule has 10 rings (SSSR count). The Kier molecular flexibility index (Phi) is 4.21. The van der Waals surface area contributed by atoms with Gasteiger partial charge in [-0.15, -0.1) is 0 Å². The number of hydrogen-bond acceptors (Lipinski definition) is 2. The number of furan rings is 2. The fourth-order valence-corrected chi connectivity index (χ4v) is 7.24. The Hall–Kier alpha value is -5.60. The maximum atomic E-state index is 6.68. The van der Waals surface area contributed by atoms with E-state index >= 15 is 0 Å². The molecule has 8 aromatic carbocycles. The second kappa shape index (κ2) is 7.99. The second-order valence-electron chi connectivity index (χ2n) is 11.2. The summed E-state index contributed by atoms with van der Waals surface area (Å²) in [7, 11) is 0. The third kappa shape index (κ3) is 2.83. The number of benzene rings is 8. The summed E-state index contributed by atoms with van der Waals surface area (Å²) in [4.78, 5) is 0. The summed E-state index contributed by atoms with van der Waals surface area (Å²) in [6, 6.07) is 47.7. The molecule has 0 fully saturated rings. The predicted molar refractivity (Wildman–Crippen MR) is 176 cm³/mol. The van der Waals surface area contributed by atoms with E-state index in [0.717, 1.165) is 44.2 Å². The summed E-state index contributed by atoms with van der Waals surface area (Å²) in [6.45, 7) is 0. The molecule has 0 radical (unpaired) electrons. The van der Waals surface area contributed by atoms with Crippen LogP contribution in [0.1, 0.15) is 0 Å². The molecule has 2 heteroatoms. The first kappa shape index (κ1) is 22.1. The Morgan fingerprint density at radius 1 is 0.357 bits per heavy atom. The molecule has 0 unspecified atom stereocenters. The smallest absolute Gasteiger partial charge is 0.143 e. The molecular weight excluding hydrogens is 512 g/mol. The standard InChI is InChI=1S/C40H22O2/c1-3-12-30-28(10-1)36(25-19-20-27-26-9-5-6-14-33(26)41-35(27)22-25)29-11-2-4-13-31(29)39(30)32-21-18-24-17-16-23-8-7-15-34-37(23)38(24)40(32)42-34/h1-22H. The minimum absolute atomic E-state index is 0.906. The molecular formula is C40H22O2. The number of para-hydroxylation sites is 1. The van der Waals surface area contributed by atoms with Crippen LogP contribution in [0.2, 0.25) is 0 Å². The van der Waals surface area contributed by atoms with Crippen LogP contribution in [0.3, 0.4) is 0 Å². The van der Waals surface area contributed by atoms with Crippen LogP contribution in [-0.4, -0.2) is 0 Å². The van der Waals surface area contributed by atoms with Gasteiger partial charge in [-0.25, -0.2) is 0 Å². The first-order valence-corrected chi connectivity index (χ1v) is 14.4. The van der Waals surface area contributed by atoms with Gasteiger partial charge in [-0.1, -0.05) is 103 Å². The first-order valence-electron chi connectivity index (χ1n) is 14.4. The second-order valence-corrected chi connectivity index (χ2v) is 11.2. The van der Waals surface area contributed by atoms with Crippen molar-refractivity contribution in [2.24, 2.45) is 0 Å². The van der Waals surface area contributed by atoms with Crippen molar-refractivity contribution in [1.82, 2.24) is 0 Å². The zero-order valence-electron chi connectivity index (χ0n) is 22.5. The molecule has 2 nitrogen and oxygen atoms in total. The highest BCUT2D eigenvalue weighted by Crippen LogP contribution is 2.48. The largest absolute Gasteiger partial charge is 0.456 e. The maximum absolute atomic E-state index is 6.68. The fourth-order valence-electron chi connectivity index (χ4n) is 7.24. The lowest BCUT2D eigenvalue weighted by molar-refractivity contribution is 0.669. The first-order chi connectivity index (χ1) is 20.8. The van der Waals surface area contributed by atoms with E-state index in [1.165, 1.54) is 54.2 Å². The molecule has 0 saturated heterocycles. The highest BCUT2D eigenvalue weighted by Gasteiger charge is 2.22. The highest BCUT2D eigenvalue weighted by atomic mass is 16.3. The summed E-state index contributed by atoms with van der Waals surface area (Å²) < 4.78 is 13.0. The molecule has 2 heterocycles. The van der Waals surface area contributed by atoms with Gasteiger partial charge in [0.1, 0.15) is 22.3 Å². The van der Waals surface area contributed by atoms with Crippen LogP contribution in [0, 0.1) is 0 Å². The zero-order valence-corrected chi connectivity index (χ0v) is 22.5. The minimum atomic E-state index is 0.906. The average Bonchev–Trinajstić information content (AvgIpc) is 3.62. The predicted octanol–water partition coefficient (Wildman–Crippen LogP) is 11.7. The number of hydrogen-bond donors (Lipinski definition) is 0. The molecule has 10 aromatic rings. The fraction of sp³-hybridized carbons (Fsp3) is 0. The molecule has 2 aromatic heterocycles. The van der Waals surface area contributed by atoms with Crippen molar-refractivity contribution in [1.29, 1.82) is 0 Å². The molecule has 0 aliphatic carbocycles. The maximum Gasteiger partial charge on any atom is 0.143 e. The van der Waals surface area contributed by atoms with Gasteiger partial charge in [0.25, 0.3) is 0 Å². The summed E-state index contributed by atoms with van der Waals surface area (Å²) in [6.07, 6.45) is 0. The lowest BCUT2D eigenvalue weighted by Crippen LogP contribution is -1.91. The van der Waals surface area contributed by atoms with Gasteiger partial charge < -0.3 is 8.83 Å². The number of rotatable bonds is 2. The highest BCUT2D eigenvalue weighted by molar-refractivity contribution is 6.28. The van der Waals surface area contributed by atoms with Crippen molar-refractivity contribution in [3.63, 3.8) is 0 Å². The van der Waals surface area contributed by atoms with Gasteiger partial charge in [0, 0.05) is 32.7 Å². The van der Waals surface area contributed by atoms with E-state index in [1.807, 2.05) is 12.1 Å². The topological polar surface area (TPSA) is 26.3 Å². The van der Waals surface area contributed by atoms with Gasteiger partial charge in [-0.05, 0) is 73.8 Å².